The molecule has 0 saturated carbocycles. The van der Waals surface area contributed by atoms with Gasteiger partial charge in [0.05, 0.1) is 19.3 Å². The number of nitrogens with one attached hydrogen (secondary N) is 1. The zero-order chi connectivity index (χ0) is 13.8. The van der Waals surface area contributed by atoms with Crippen molar-refractivity contribution in [3.05, 3.63) is 23.5 Å². The van der Waals surface area contributed by atoms with Crippen LogP contribution in [0.1, 0.15) is 16.1 Å². The second kappa shape index (κ2) is 5.77. The van der Waals surface area contributed by atoms with Crippen LogP contribution in [-0.2, 0) is 4.74 Å². The fourth-order valence-electron chi connectivity index (χ4n) is 1.86. The molecule has 1 amide bonds. The summed E-state index contributed by atoms with van der Waals surface area (Å²) in [4.78, 5) is 17.7. The lowest BCUT2D eigenvalue weighted by Gasteiger charge is -2.21. The molecule has 1 unspecified atom stereocenters. The standard InChI is InChI=1S/C12H16N4O3/c13-4-8-5-15-11(3-10(8)14)12(18)16-1-2-19-7-9(17)6-16/h3-5,9,13,17H,1-2,6-7H2,(H2,14,15). The third-order valence-electron chi connectivity index (χ3n) is 2.88. The highest BCUT2D eigenvalue weighted by Crippen LogP contribution is 2.12. The van der Waals surface area contributed by atoms with Gasteiger partial charge in [-0.3, -0.25) is 9.78 Å². The number of hydrogen-bond acceptors (Lipinski definition) is 6. The van der Waals surface area contributed by atoms with Crippen LogP contribution in [0.25, 0.3) is 0 Å². The summed E-state index contributed by atoms with van der Waals surface area (Å²) < 4.78 is 5.16. The highest BCUT2D eigenvalue weighted by Gasteiger charge is 2.23. The number of pyridine rings is 1. The first kappa shape index (κ1) is 13.4. The van der Waals surface area contributed by atoms with Gasteiger partial charge in [0.1, 0.15) is 5.69 Å². The minimum absolute atomic E-state index is 0.206. The van der Waals surface area contributed by atoms with E-state index in [1.165, 1.54) is 17.2 Å². The summed E-state index contributed by atoms with van der Waals surface area (Å²) >= 11 is 0. The fourth-order valence-corrected chi connectivity index (χ4v) is 1.86. The Morgan fingerprint density at radius 2 is 2.47 bits per heavy atom. The molecular weight excluding hydrogens is 248 g/mol. The largest absolute Gasteiger partial charge is 0.398 e. The number of ether oxygens (including phenoxy) is 1. The van der Waals surface area contributed by atoms with E-state index in [1.54, 1.807) is 0 Å². The molecule has 1 saturated heterocycles. The van der Waals surface area contributed by atoms with Crippen LogP contribution in [0.15, 0.2) is 12.3 Å². The molecule has 0 spiro atoms. The quantitative estimate of drug-likeness (QED) is 0.623. The van der Waals surface area contributed by atoms with Gasteiger partial charge in [0, 0.05) is 36.8 Å². The average Bonchev–Trinajstić information content (AvgIpc) is 2.62. The molecule has 0 aliphatic carbocycles. The van der Waals surface area contributed by atoms with Crippen LogP contribution < -0.4 is 5.73 Å². The van der Waals surface area contributed by atoms with E-state index in [0.717, 1.165) is 6.21 Å². The number of nitrogen functional groups attached to an aromatic ring is 1. The number of aliphatic hydroxyl groups excluding tert-OH is 1. The smallest absolute Gasteiger partial charge is 0.272 e. The predicted molar refractivity (Wildman–Crippen MR) is 69.3 cm³/mol. The van der Waals surface area contributed by atoms with Crippen molar-refractivity contribution in [1.82, 2.24) is 9.88 Å². The van der Waals surface area contributed by atoms with Gasteiger partial charge in [-0.1, -0.05) is 0 Å². The number of amides is 1. The number of nitrogens with two attached hydrogens (primary N) is 1. The minimum atomic E-state index is -0.690. The van der Waals surface area contributed by atoms with E-state index < -0.39 is 6.10 Å². The van der Waals surface area contributed by atoms with E-state index in [2.05, 4.69) is 4.98 Å². The Kier molecular flexibility index (Phi) is 4.08. The van der Waals surface area contributed by atoms with Gasteiger partial charge in [-0.2, -0.15) is 0 Å². The molecule has 0 radical (unpaired) electrons. The molecule has 7 nitrogen and oxygen atoms in total. The lowest BCUT2D eigenvalue weighted by atomic mass is 10.2. The topological polar surface area (TPSA) is 113 Å². The third kappa shape index (κ3) is 3.07. The number of carbonyl (C=O) groups excluding carboxylic acids is 1. The molecule has 2 heterocycles. The molecule has 1 aliphatic rings. The van der Waals surface area contributed by atoms with Gasteiger partial charge in [-0.05, 0) is 6.07 Å². The lowest BCUT2D eigenvalue weighted by Crippen LogP contribution is -2.38. The van der Waals surface area contributed by atoms with Crippen LogP contribution in [0, 0.1) is 5.41 Å². The van der Waals surface area contributed by atoms with Crippen molar-refractivity contribution in [3.63, 3.8) is 0 Å². The van der Waals surface area contributed by atoms with Crippen LogP contribution >= 0.6 is 0 Å². The zero-order valence-corrected chi connectivity index (χ0v) is 10.4. The number of rotatable bonds is 2. The molecule has 102 valence electrons. The first-order chi connectivity index (χ1) is 9.11. The van der Waals surface area contributed by atoms with Crippen molar-refractivity contribution >= 4 is 17.8 Å². The van der Waals surface area contributed by atoms with Gasteiger partial charge >= 0.3 is 0 Å². The van der Waals surface area contributed by atoms with Crippen molar-refractivity contribution < 1.29 is 14.6 Å². The van der Waals surface area contributed by atoms with Crippen LogP contribution in [0.5, 0.6) is 0 Å². The number of aromatic nitrogens is 1. The first-order valence-electron chi connectivity index (χ1n) is 5.93. The van der Waals surface area contributed by atoms with Crippen molar-refractivity contribution in [2.75, 3.05) is 32.0 Å². The van der Waals surface area contributed by atoms with Crippen molar-refractivity contribution in [1.29, 1.82) is 5.41 Å². The molecule has 1 aromatic heterocycles. The molecule has 1 fully saturated rings. The normalized spacial score (nSPS) is 19.8. The maximum Gasteiger partial charge on any atom is 0.272 e. The summed E-state index contributed by atoms with van der Waals surface area (Å²) in [6.45, 7) is 1.24. The van der Waals surface area contributed by atoms with Gasteiger partial charge in [0.15, 0.2) is 0 Å². The second-order valence-electron chi connectivity index (χ2n) is 4.32. The number of carbonyl (C=O) groups is 1. The van der Waals surface area contributed by atoms with E-state index in [4.69, 9.17) is 15.9 Å². The Labute approximate surface area is 110 Å². The highest BCUT2D eigenvalue weighted by molar-refractivity contribution is 5.95. The molecule has 1 aliphatic heterocycles. The van der Waals surface area contributed by atoms with Gasteiger partial charge in [0.2, 0.25) is 0 Å². The van der Waals surface area contributed by atoms with Gasteiger partial charge < -0.3 is 25.9 Å². The Balaban J connectivity index is 2.18. The van der Waals surface area contributed by atoms with Crippen LogP contribution in [-0.4, -0.2) is 59.5 Å². The van der Waals surface area contributed by atoms with E-state index in [0.29, 0.717) is 24.4 Å². The number of β-amino-alcohol motifs (C(OH)–C–C–N with tert-alkyl or cyclic N) is 1. The SMILES string of the molecule is N=Cc1cnc(C(=O)N2CCOCC(O)C2)cc1N. The van der Waals surface area contributed by atoms with E-state index >= 15 is 0 Å². The summed E-state index contributed by atoms with van der Waals surface area (Å²) in [7, 11) is 0. The van der Waals surface area contributed by atoms with E-state index in [1.807, 2.05) is 0 Å². The molecule has 0 aromatic carbocycles. The highest BCUT2D eigenvalue weighted by atomic mass is 16.5. The predicted octanol–water partition coefficient (Wildman–Crippen LogP) is -0.505. The minimum Gasteiger partial charge on any atom is -0.398 e. The Hall–Kier alpha value is -1.99. The van der Waals surface area contributed by atoms with Gasteiger partial charge in [0.25, 0.3) is 5.91 Å². The number of nitrogens with zero attached hydrogens (tertiary/aromatic N) is 2. The Morgan fingerprint density at radius 1 is 1.68 bits per heavy atom. The molecule has 7 heteroatoms. The van der Waals surface area contributed by atoms with Crippen LogP contribution in [0.3, 0.4) is 0 Å². The van der Waals surface area contributed by atoms with E-state index in [9.17, 15) is 9.90 Å². The molecule has 1 aromatic rings. The second-order valence-corrected chi connectivity index (χ2v) is 4.32. The molecule has 4 N–H and O–H groups in total. The maximum atomic E-state index is 12.2. The number of anilines is 1. The summed E-state index contributed by atoms with van der Waals surface area (Å²) in [5.41, 5.74) is 6.73. The van der Waals surface area contributed by atoms with E-state index in [-0.39, 0.29) is 24.8 Å². The monoisotopic (exact) mass is 264 g/mol. The van der Waals surface area contributed by atoms with Crippen molar-refractivity contribution in [2.24, 2.45) is 0 Å². The van der Waals surface area contributed by atoms with Gasteiger partial charge in [-0.15, -0.1) is 0 Å². The summed E-state index contributed by atoms with van der Waals surface area (Å²) in [6.07, 6.45) is 1.78. The average molecular weight is 264 g/mol. The van der Waals surface area contributed by atoms with Gasteiger partial charge in [-0.25, -0.2) is 0 Å². The third-order valence-corrected chi connectivity index (χ3v) is 2.88. The molecule has 2 rings (SSSR count). The zero-order valence-electron chi connectivity index (χ0n) is 10.4. The molecule has 1 atom stereocenters. The fraction of sp³-hybridized carbons (Fsp3) is 0.417. The molecule has 0 bridgehead atoms. The maximum absolute atomic E-state index is 12.2. The first-order valence-corrected chi connectivity index (χ1v) is 5.93. The van der Waals surface area contributed by atoms with Crippen molar-refractivity contribution in [2.45, 2.75) is 6.10 Å². The summed E-state index contributed by atoms with van der Waals surface area (Å²) in [6, 6.07) is 1.45. The summed E-state index contributed by atoms with van der Waals surface area (Å²) in [5.74, 6) is -0.298. The van der Waals surface area contributed by atoms with Crippen LogP contribution in [0.4, 0.5) is 5.69 Å². The van der Waals surface area contributed by atoms with Crippen molar-refractivity contribution in [3.8, 4) is 0 Å². The Bertz CT molecular complexity index is 492. The lowest BCUT2D eigenvalue weighted by molar-refractivity contribution is 0.0533. The summed E-state index contributed by atoms with van der Waals surface area (Å²) in [5, 5.41) is 16.7. The molecule has 19 heavy (non-hydrogen) atoms. The molecular formula is C12H16N4O3. The number of hydrogen-bond donors (Lipinski definition) is 3. The Morgan fingerprint density at radius 3 is 3.16 bits per heavy atom. The number of aliphatic hydroxyl groups is 1. The van der Waals surface area contributed by atoms with Crippen LogP contribution in [0.2, 0.25) is 0 Å².